The van der Waals surface area contributed by atoms with Crippen molar-refractivity contribution in [3.63, 3.8) is 0 Å². The molecule has 0 radical (unpaired) electrons. The number of amides is 1. The zero-order valence-corrected chi connectivity index (χ0v) is 11.2. The molecular weight excluding hydrogens is 218 g/mol. The van der Waals surface area contributed by atoms with E-state index in [0.29, 0.717) is 13.0 Å². The maximum Gasteiger partial charge on any atom is 0.221 e. The van der Waals surface area contributed by atoms with Gasteiger partial charge < -0.3 is 15.8 Å². The minimum Gasteiger partial charge on any atom is -0.377 e. The van der Waals surface area contributed by atoms with Crippen LogP contribution in [0.2, 0.25) is 0 Å². The van der Waals surface area contributed by atoms with Crippen molar-refractivity contribution >= 4 is 5.91 Å². The van der Waals surface area contributed by atoms with Crippen LogP contribution in [-0.4, -0.2) is 56.2 Å². The highest BCUT2D eigenvalue weighted by Crippen LogP contribution is 2.25. The molecule has 0 aliphatic carbocycles. The van der Waals surface area contributed by atoms with Crippen molar-refractivity contribution in [3.05, 3.63) is 0 Å². The van der Waals surface area contributed by atoms with Crippen LogP contribution in [0.1, 0.15) is 26.2 Å². The van der Waals surface area contributed by atoms with Gasteiger partial charge in [0.1, 0.15) is 0 Å². The number of nitrogens with two attached hydrogens (primary N) is 1. The number of nitrogens with one attached hydrogen (secondary N) is 1. The second-order valence-corrected chi connectivity index (χ2v) is 4.99. The second-order valence-electron chi connectivity index (χ2n) is 4.99. The lowest BCUT2D eigenvalue weighted by molar-refractivity contribution is -0.123. The highest BCUT2D eigenvalue weighted by molar-refractivity contribution is 5.76. The van der Waals surface area contributed by atoms with Gasteiger partial charge in [0.15, 0.2) is 0 Å². The first kappa shape index (κ1) is 14.4. The van der Waals surface area contributed by atoms with Gasteiger partial charge in [-0.25, -0.2) is 0 Å². The molecule has 2 atom stereocenters. The Kier molecular flexibility index (Phi) is 5.36. The van der Waals surface area contributed by atoms with E-state index < -0.39 is 0 Å². The van der Waals surface area contributed by atoms with E-state index in [1.807, 2.05) is 0 Å². The fourth-order valence-electron chi connectivity index (χ4n) is 2.40. The van der Waals surface area contributed by atoms with E-state index in [2.05, 4.69) is 17.1 Å². The molecule has 17 heavy (non-hydrogen) atoms. The van der Waals surface area contributed by atoms with Gasteiger partial charge in [-0.3, -0.25) is 9.69 Å². The molecule has 0 aromatic carbocycles. The lowest BCUT2D eigenvalue weighted by Crippen LogP contribution is -2.54. The minimum atomic E-state index is -0.103. The van der Waals surface area contributed by atoms with Crippen LogP contribution in [0.3, 0.4) is 0 Å². The highest BCUT2D eigenvalue weighted by atomic mass is 16.5. The van der Waals surface area contributed by atoms with Crippen LogP contribution in [0.15, 0.2) is 0 Å². The summed E-state index contributed by atoms with van der Waals surface area (Å²) < 4.78 is 5.55. The van der Waals surface area contributed by atoms with Crippen LogP contribution in [0.5, 0.6) is 0 Å². The minimum absolute atomic E-state index is 0.0464. The molecule has 5 nitrogen and oxygen atoms in total. The number of hydrogen-bond donors (Lipinski definition) is 2. The number of nitrogens with zero attached hydrogens (tertiary/aromatic N) is 1. The summed E-state index contributed by atoms with van der Waals surface area (Å²) in [6, 6.07) is 0.115. The number of piperidine rings is 1. The molecule has 1 heterocycles. The van der Waals surface area contributed by atoms with E-state index in [4.69, 9.17) is 10.5 Å². The zero-order valence-electron chi connectivity index (χ0n) is 11.2. The molecule has 1 aliphatic rings. The van der Waals surface area contributed by atoms with E-state index in [1.165, 1.54) is 0 Å². The average molecular weight is 243 g/mol. The molecule has 3 N–H and O–H groups in total. The number of rotatable bonds is 5. The monoisotopic (exact) mass is 243 g/mol. The summed E-state index contributed by atoms with van der Waals surface area (Å²) in [7, 11) is 3.41. The Morgan fingerprint density at radius 1 is 1.65 bits per heavy atom. The topological polar surface area (TPSA) is 67.6 Å². The molecule has 0 aromatic heterocycles. The second kappa shape index (κ2) is 6.33. The number of likely N-dealkylation sites (tertiary alicyclic amines) is 1. The maximum absolute atomic E-state index is 11.4. The standard InChI is InChI=1S/C12H25N3O2/c1-12(17-3)5-4-6-15(9-12)10(8-13)7-11(16)14-2/h10H,4-9,13H2,1-3H3,(H,14,16). The van der Waals surface area contributed by atoms with Crippen LogP contribution in [0, 0.1) is 0 Å². The first-order valence-electron chi connectivity index (χ1n) is 6.24. The summed E-state index contributed by atoms with van der Waals surface area (Å²) in [6.45, 7) is 4.47. The predicted molar refractivity (Wildman–Crippen MR) is 67.7 cm³/mol. The smallest absolute Gasteiger partial charge is 0.221 e. The number of hydrogen-bond acceptors (Lipinski definition) is 4. The van der Waals surface area contributed by atoms with Crippen molar-refractivity contribution in [1.29, 1.82) is 0 Å². The molecule has 1 rings (SSSR count). The van der Waals surface area contributed by atoms with Gasteiger partial charge in [-0.1, -0.05) is 0 Å². The van der Waals surface area contributed by atoms with Crippen molar-refractivity contribution < 1.29 is 9.53 Å². The molecule has 0 spiro atoms. The third-order valence-corrected chi connectivity index (χ3v) is 3.67. The average Bonchev–Trinajstić information content (AvgIpc) is 2.35. The summed E-state index contributed by atoms with van der Waals surface area (Å²) >= 11 is 0. The van der Waals surface area contributed by atoms with Gasteiger partial charge in [0.2, 0.25) is 5.91 Å². The van der Waals surface area contributed by atoms with Gasteiger partial charge in [-0.2, -0.15) is 0 Å². The lowest BCUT2D eigenvalue weighted by Gasteiger charge is -2.42. The van der Waals surface area contributed by atoms with E-state index in [1.54, 1.807) is 14.2 Å². The number of ether oxygens (including phenoxy) is 1. The van der Waals surface area contributed by atoms with Gasteiger partial charge in [-0.15, -0.1) is 0 Å². The van der Waals surface area contributed by atoms with Crippen molar-refractivity contribution in [2.75, 3.05) is 33.8 Å². The van der Waals surface area contributed by atoms with E-state index in [0.717, 1.165) is 25.9 Å². The SMILES string of the molecule is CNC(=O)CC(CN)N1CCCC(C)(OC)C1. The van der Waals surface area contributed by atoms with Crippen molar-refractivity contribution in [1.82, 2.24) is 10.2 Å². The molecular formula is C12H25N3O2. The molecule has 0 aromatic rings. The number of methoxy groups -OCH3 is 1. The van der Waals surface area contributed by atoms with Gasteiger partial charge in [0.25, 0.3) is 0 Å². The summed E-state index contributed by atoms with van der Waals surface area (Å²) in [5.74, 6) is 0.0464. The van der Waals surface area contributed by atoms with Gasteiger partial charge in [0.05, 0.1) is 5.60 Å². The third-order valence-electron chi connectivity index (χ3n) is 3.67. The first-order valence-corrected chi connectivity index (χ1v) is 6.24. The van der Waals surface area contributed by atoms with Crippen molar-refractivity contribution in [2.45, 2.75) is 37.8 Å². The Morgan fingerprint density at radius 3 is 2.88 bits per heavy atom. The predicted octanol–water partition coefficient (Wildman–Crippen LogP) is -0.0493. The van der Waals surface area contributed by atoms with Gasteiger partial charge in [0, 0.05) is 39.7 Å². The Labute approximate surface area is 104 Å². The number of carbonyl (C=O) groups excluding carboxylic acids is 1. The number of carbonyl (C=O) groups is 1. The van der Waals surface area contributed by atoms with Gasteiger partial charge in [-0.05, 0) is 26.3 Å². The highest BCUT2D eigenvalue weighted by Gasteiger charge is 2.34. The summed E-state index contributed by atoms with van der Waals surface area (Å²) in [6.07, 6.45) is 2.62. The molecule has 1 aliphatic heterocycles. The lowest BCUT2D eigenvalue weighted by atomic mass is 9.93. The molecule has 0 saturated carbocycles. The fourth-order valence-corrected chi connectivity index (χ4v) is 2.40. The molecule has 5 heteroatoms. The normalized spacial score (nSPS) is 27.8. The molecule has 2 unspecified atom stereocenters. The molecule has 100 valence electrons. The van der Waals surface area contributed by atoms with Crippen molar-refractivity contribution in [2.24, 2.45) is 5.73 Å². The fraction of sp³-hybridized carbons (Fsp3) is 0.917. The zero-order chi connectivity index (χ0) is 12.9. The Bertz CT molecular complexity index is 260. The van der Waals surface area contributed by atoms with E-state index in [-0.39, 0.29) is 17.6 Å². The van der Waals surface area contributed by atoms with Crippen LogP contribution in [0.25, 0.3) is 0 Å². The molecule has 1 fully saturated rings. The Morgan fingerprint density at radius 2 is 2.35 bits per heavy atom. The van der Waals surface area contributed by atoms with E-state index in [9.17, 15) is 4.79 Å². The first-order chi connectivity index (χ1) is 8.04. The Balaban J connectivity index is 2.59. The maximum atomic E-state index is 11.4. The Hall–Kier alpha value is -0.650. The molecule has 1 amide bonds. The van der Waals surface area contributed by atoms with Crippen LogP contribution < -0.4 is 11.1 Å². The van der Waals surface area contributed by atoms with E-state index >= 15 is 0 Å². The van der Waals surface area contributed by atoms with Crippen LogP contribution in [0.4, 0.5) is 0 Å². The van der Waals surface area contributed by atoms with Crippen molar-refractivity contribution in [3.8, 4) is 0 Å². The summed E-state index contributed by atoms with van der Waals surface area (Å²) in [4.78, 5) is 13.7. The largest absolute Gasteiger partial charge is 0.377 e. The third kappa shape index (κ3) is 3.94. The van der Waals surface area contributed by atoms with Crippen LogP contribution in [-0.2, 0) is 9.53 Å². The summed E-state index contributed by atoms with van der Waals surface area (Å²) in [5, 5.41) is 2.65. The molecule has 1 saturated heterocycles. The van der Waals surface area contributed by atoms with Gasteiger partial charge >= 0.3 is 0 Å². The molecule has 0 bridgehead atoms. The quantitative estimate of drug-likeness (QED) is 0.710. The summed E-state index contributed by atoms with van der Waals surface area (Å²) in [5.41, 5.74) is 5.67. The van der Waals surface area contributed by atoms with Crippen LogP contribution >= 0.6 is 0 Å².